The normalized spacial score (nSPS) is 16.6. The zero-order valence-corrected chi connectivity index (χ0v) is 20.3. The van der Waals surface area contributed by atoms with Crippen LogP contribution >= 0.6 is 0 Å². The minimum Gasteiger partial charge on any atom is -0.431 e. The summed E-state index contributed by atoms with van der Waals surface area (Å²) in [6, 6.07) is 2.82. The largest absolute Gasteiger partial charge is 0.431 e. The molecule has 15 heteroatoms. The fourth-order valence-corrected chi connectivity index (χ4v) is 4.82. The van der Waals surface area contributed by atoms with Crippen LogP contribution in [0.4, 0.5) is 24.9 Å². The van der Waals surface area contributed by atoms with Gasteiger partial charge in [0.05, 0.1) is 5.56 Å². The van der Waals surface area contributed by atoms with Gasteiger partial charge in [-0.2, -0.15) is 30.9 Å². The number of aromatic nitrogens is 3. The number of halogens is 3. The van der Waals surface area contributed by atoms with Gasteiger partial charge < -0.3 is 14.2 Å². The van der Waals surface area contributed by atoms with Gasteiger partial charge in [-0.1, -0.05) is 13.0 Å². The first kappa shape index (κ1) is 25.6. The van der Waals surface area contributed by atoms with Gasteiger partial charge in [0, 0.05) is 31.1 Å². The van der Waals surface area contributed by atoms with Gasteiger partial charge in [0.25, 0.3) is 11.9 Å². The van der Waals surface area contributed by atoms with Gasteiger partial charge in [-0.05, 0) is 37.5 Å². The number of hydrogen-bond donors (Lipinski definition) is 2. The van der Waals surface area contributed by atoms with E-state index in [9.17, 15) is 26.4 Å². The molecule has 11 nitrogen and oxygen atoms in total. The van der Waals surface area contributed by atoms with Crippen molar-refractivity contribution in [3.63, 3.8) is 0 Å². The third kappa shape index (κ3) is 5.36. The Morgan fingerprint density at radius 3 is 2.47 bits per heavy atom. The van der Waals surface area contributed by atoms with E-state index in [4.69, 9.17) is 8.83 Å². The minimum atomic E-state index is -4.55. The predicted octanol–water partition coefficient (Wildman–Crippen LogP) is 3.47. The number of rotatable bonds is 6. The fourth-order valence-electron chi connectivity index (χ4n) is 3.69. The van der Waals surface area contributed by atoms with Crippen LogP contribution in [0.25, 0.3) is 0 Å². The molecule has 0 radical (unpaired) electrons. The van der Waals surface area contributed by atoms with E-state index >= 15 is 0 Å². The molecule has 2 aromatic heterocycles. The molecule has 1 amide bonds. The quantitative estimate of drug-likeness (QED) is 0.491. The number of oxazole rings is 1. The third-order valence-electron chi connectivity index (χ3n) is 5.97. The van der Waals surface area contributed by atoms with E-state index in [0.29, 0.717) is 30.2 Å². The molecule has 0 spiro atoms. The Morgan fingerprint density at radius 1 is 1.17 bits per heavy atom. The van der Waals surface area contributed by atoms with Gasteiger partial charge in [0.15, 0.2) is 5.69 Å². The SMILES string of the molecule is Cc1nnc(C2(C)CCN(S(=O)(=O)NC(=O)c3coc(Nc4cc(C(F)(F)F)ccc4C)n3)CC2)o1. The summed E-state index contributed by atoms with van der Waals surface area (Å²) >= 11 is 0. The first-order valence-corrected chi connectivity index (χ1v) is 12.2. The number of aryl methyl sites for hydroxylation is 2. The Hall–Kier alpha value is -3.46. The first-order chi connectivity index (χ1) is 16.8. The number of nitrogens with zero attached hydrogens (tertiary/aromatic N) is 4. The average molecular weight is 529 g/mol. The molecule has 1 aromatic carbocycles. The number of benzene rings is 1. The molecule has 1 saturated heterocycles. The van der Waals surface area contributed by atoms with Crippen LogP contribution in [-0.4, -0.2) is 46.9 Å². The summed E-state index contributed by atoms with van der Waals surface area (Å²) in [5.74, 6) is -0.202. The molecule has 194 valence electrons. The zero-order valence-electron chi connectivity index (χ0n) is 19.5. The maximum Gasteiger partial charge on any atom is 0.416 e. The molecule has 3 aromatic rings. The van der Waals surface area contributed by atoms with Crippen LogP contribution in [-0.2, 0) is 21.8 Å². The van der Waals surface area contributed by atoms with Gasteiger partial charge in [-0.25, -0.2) is 4.72 Å². The number of nitrogens with one attached hydrogen (secondary N) is 2. The molecule has 0 bridgehead atoms. The Bertz CT molecular complexity index is 1380. The van der Waals surface area contributed by atoms with Crippen LogP contribution in [0, 0.1) is 13.8 Å². The summed E-state index contributed by atoms with van der Waals surface area (Å²) in [7, 11) is -4.20. The highest BCUT2D eigenvalue weighted by molar-refractivity contribution is 7.87. The lowest BCUT2D eigenvalue weighted by Gasteiger charge is -2.35. The lowest BCUT2D eigenvalue weighted by atomic mass is 9.81. The first-order valence-electron chi connectivity index (χ1n) is 10.8. The van der Waals surface area contributed by atoms with Crippen molar-refractivity contribution < 1.29 is 35.2 Å². The molecule has 0 unspecified atom stereocenters. The molecule has 1 aliphatic rings. The number of piperidine rings is 1. The number of alkyl halides is 3. The number of hydrogen-bond acceptors (Lipinski definition) is 9. The second-order valence-electron chi connectivity index (χ2n) is 8.71. The van der Waals surface area contributed by atoms with E-state index in [1.54, 1.807) is 13.8 Å². The van der Waals surface area contributed by atoms with Crippen molar-refractivity contribution in [2.75, 3.05) is 18.4 Å². The monoisotopic (exact) mass is 528 g/mol. The second-order valence-corrected chi connectivity index (χ2v) is 10.4. The number of carbonyl (C=O) groups is 1. The lowest BCUT2D eigenvalue weighted by Crippen LogP contribution is -2.49. The lowest BCUT2D eigenvalue weighted by molar-refractivity contribution is -0.137. The summed E-state index contributed by atoms with van der Waals surface area (Å²) in [5.41, 5.74) is -1.19. The molecule has 4 rings (SSSR count). The molecular formula is C21H23F3N6O5S. The topological polar surface area (TPSA) is 143 Å². The van der Waals surface area contributed by atoms with Crippen LogP contribution in [0.2, 0.25) is 0 Å². The van der Waals surface area contributed by atoms with E-state index < -0.39 is 33.3 Å². The molecular weight excluding hydrogens is 505 g/mol. The van der Waals surface area contributed by atoms with Crippen LogP contribution in [0.5, 0.6) is 0 Å². The Labute approximate surface area is 204 Å². The van der Waals surface area contributed by atoms with Gasteiger partial charge in [-0.3, -0.25) is 4.79 Å². The van der Waals surface area contributed by atoms with Crippen LogP contribution in [0.3, 0.4) is 0 Å². The predicted molar refractivity (Wildman–Crippen MR) is 120 cm³/mol. The van der Waals surface area contributed by atoms with Crippen molar-refractivity contribution in [3.8, 4) is 0 Å². The fraction of sp³-hybridized carbons (Fsp3) is 0.429. The molecule has 0 atom stereocenters. The average Bonchev–Trinajstić information content (AvgIpc) is 3.44. The van der Waals surface area contributed by atoms with Gasteiger partial charge in [0.1, 0.15) is 6.26 Å². The summed E-state index contributed by atoms with van der Waals surface area (Å²) in [6.07, 6.45) is -2.84. The van der Waals surface area contributed by atoms with E-state index in [-0.39, 0.29) is 30.5 Å². The van der Waals surface area contributed by atoms with Crippen LogP contribution < -0.4 is 10.0 Å². The van der Waals surface area contributed by atoms with Gasteiger partial charge in [-0.15, -0.1) is 10.2 Å². The smallest absolute Gasteiger partial charge is 0.416 e. The zero-order chi connectivity index (χ0) is 26.3. The molecule has 2 N–H and O–H groups in total. The summed E-state index contributed by atoms with van der Waals surface area (Å²) in [6.45, 7) is 5.37. The summed E-state index contributed by atoms with van der Waals surface area (Å²) in [4.78, 5) is 16.4. The highest BCUT2D eigenvalue weighted by Crippen LogP contribution is 2.35. The molecule has 3 heterocycles. The molecule has 0 saturated carbocycles. The highest BCUT2D eigenvalue weighted by Gasteiger charge is 2.40. The molecule has 1 fully saturated rings. The van der Waals surface area contributed by atoms with Crippen molar-refractivity contribution in [2.24, 2.45) is 0 Å². The van der Waals surface area contributed by atoms with Crippen molar-refractivity contribution >= 4 is 27.8 Å². The van der Waals surface area contributed by atoms with Crippen molar-refractivity contribution in [1.82, 2.24) is 24.2 Å². The standard InChI is InChI=1S/C21H23F3N6O5S/c1-12-4-5-14(21(22,23)24)10-15(12)25-19-26-16(11-34-19)17(31)29-36(32,33)30-8-6-20(3,7-9-30)18-28-27-13(2)35-18/h4-5,10-11H,6-9H2,1-3H3,(H,25,26)(H,29,31). The van der Waals surface area contributed by atoms with Crippen molar-refractivity contribution in [1.29, 1.82) is 0 Å². The molecule has 0 aliphatic carbocycles. The van der Waals surface area contributed by atoms with E-state index in [0.717, 1.165) is 22.7 Å². The van der Waals surface area contributed by atoms with Crippen molar-refractivity contribution in [3.05, 3.63) is 53.1 Å². The second kappa shape index (κ2) is 9.20. The van der Waals surface area contributed by atoms with Gasteiger partial charge >= 0.3 is 16.4 Å². The van der Waals surface area contributed by atoms with Crippen LogP contribution in [0.15, 0.2) is 33.3 Å². The third-order valence-corrected chi connectivity index (χ3v) is 7.46. The van der Waals surface area contributed by atoms with E-state index in [1.807, 2.05) is 11.6 Å². The highest BCUT2D eigenvalue weighted by atomic mass is 32.2. The number of carbonyl (C=O) groups excluding carboxylic acids is 1. The van der Waals surface area contributed by atoms with Crippen LogP contribution in [0.1, 0.15) is 53.2 Å². The summed E-state index contributed by atoms with van der Waals surface area (Å²) in [5, 5.41) is 10.4. The number of amides is 1. The Morgan fingerprint density at radius 2 is 1.86 bits per heavy atom. The summed E-state index contributed by atoms with van der Waals surface area (Å²) < 4.78 is 78.2. The van der Waals surface area contributed by atoms with Crippen molar-refractivity contribution in [2.45, 2.75) is 45.2 Å². The molecule has 36 heavy (non-hydrogen) atoms. The Kier molecular flexibility index (Phi) is 6.55. The maximum atomic E-state index is 13.0. The number of anilines is 2. The molecule has 1 aliphatic heterocycles. The van der Waals surface area contributed by atoms with Gasteiger partial charge in [0.2, 0.25) is 11.8 Å². The van der Waals surface area contributed by atoms with E-state index in [1.165, 1.54) is 6.07 Å². The van der Waals surface area contributed by atoms with E-state index in [2.05, 4.69) is 20.5 Å². The maximum absolute atomic E-state index is 13.0. The Balaban J connectivity index is 1.40. The minimum absolute atomic E-state index is 0.0686.